The van der Waals surface area contributed by atoms with Crippen LogP contribution in [0.3, 0.4) is 0 Å². The van der Waals surface area contributed by atoms with E-state index < -0.39 is 0 Å². The van der Waals surface area contributed by atoms with Crippen LogP contribution in [0.15, 0.2) is 24.7 Å². The predicted molar refractivity (Wildman–Crippen MR) is 49.2 cm³/mol. The number of rotatable bonds is 1. The highest BCUT2D eigenvalue weighted by atomic mass is 35.5. The molecule has 0 bridgehead atoms. The maximum absolute atomic E-state index is 5.69. The molecule has 66 valence electrons. The molecule has 2 aromatic rings. The highest BCUT2D eigenvalue weighted by Gasteiger charge is 2.00. The number of hydrogen-bond acceptors (Lipinski definition) is 3. The third kappa shape index (κ3) is 1.79. The van der Waals surface area contributed by atoms with Gasteiger partial charge in [-0.05, 0) is 11.6 Å². The Morgan fingerprint density at radius 2 is 2.15 bits per heavy atom. The van der Waals surface area contributed by atoms with E-state index in [1.165, 1.54) is 10.9 Å². The van der Waals surface area contributed by atoms with Gasteiger partial charge in [-0.25, -0.2) is 9.67 Å². The predicted octanol–water partition coefficient (Wildman–Crippen LogP) is 1.97. The van der Waals surface area contributed by atoms with E-state index in [2.05, 4.69) is 15.1 Å². The SMILES string of the molecule is Clc1cnn(-c2ccnc(Cl)n2)c1. The number of hydrogen-bond donors (Lipinski definition) is 0. The van der Waals surface area contributed by atoms with E-state index in [1.807, 2.05) is 0 Å². The normalized spacial score (nSPS) is 10.3. The molecular formula is C7H4Cl2N4. The summed E-state index contributed by atoms with van der Waals surface area (Å²) >= 11 is 11.3. The van der Waals surface area contributed by atoms with Gasteiger partial charge in [0.15, 0.2) is 5.82 Å². The second-order valence-electron chi connectivity index (χ2n) is 2.29. The quantitative estimate of drug-likeness (QED) is 0.683. The largest absolute Gasteiger partial charge is 0.226 e. The van der Waals surface area contributed by atoms with E-state index in [4.69, 9.17) is 23.2 Å². The molecule has 0 atom stereocenters. The molecule has 0 aliphatic carbocycles. The minimum atomic E-state index is 0.184. The van der Waals surface area contributed by atoms with Crippen LogP contribution in [0, 0.1) is 0 Å². The van der Waals surface area contributed by atoms with Crippen molar-refractivity contribution in [2.24, 2.45) is 0 Å². The summed E-state index contributed by atoms with van der Waals surface area (Å²) in [6, 6.07) is 1.69. The monoisotopic (exact) mass is 214 g/mol. The lowest BCUT2D eigenvalue weighted by Crippen LogP contribution is -1.98. The molecule has 2 aromatic heterocycles. The van der Waals surface area contributed by atoms with Crippen LogP contribution in [0.1, 0.15) is 0 Å². The molecule has 6 heteroatoms. The Balaban J connectivity index is 2.46. The van der Waals surface area contributed by atoms with Crippen molar-refractivity contribution in [1.29, 1.82) is 0 Å². The van der Waals surface area contributed by atoms with Crippen molar-refractivity contribution in [3.8, 4) is 5.82 Å². The number of nitrogens with zero attached hydrogens (tertiary/aromatic N) is 4. The standard InChI is InChI=1S/C7H4Cl2N4/c8-5-3-11-13(4-5)6-1-2-10-7(9)12-6/h1-4H. The summed E-state index contributed by atoms with van der Waals surface area (Å²) in [4.78, 5) is 7.71. The summed E-state index contributed by atoms with van der Waals surface area (Å²) in [5.41, 5.74) is 0. The summed E-state index contributed by atoms with van der Waals surface area (Å²) < 4.78 is 1.52. The van der Waals surface area contributed by atoms with Gasteiger partial charge in [-0.2, -0.15) is 10.1 Å². The molecule has 0 radical (unpaired) electrons. The summed E-state index contributed by atoms with van der Waals surface area (Å²) in [5.74, 6) is 0.590. The summed E-state index contributed by atoms with van der Waals surface area (Å²) in [6.07, 6.45) is 4.72. The molecule has 0 aliphatic heterocycles. The van der Waals surface area contributed by atoms with E-state index in [-0.39, 0.29) is 5.28 Å². The van der Waals surface area contributed by atoms with Crippen molar-refractivity contribution in [2.45, 2.75) is 0 Å². The molecule has 13 heavy (non-hydrogen) atoms. The molecule has 0 saturated carbocycles. The van der Waals surface area contributed by atoms with Gasteiger partial charge in [0, 0.05) is 12.3 Å². The number of aromatic nitrogens is 4. The van der Waals surface area contributed by atoms with Gasteiger partial charge in [-0.15, -0.1) is 0 Å². The van der Waals surface area contributed by atoms with E-state index in [0.717, 1.165) is 0 Å². The van der Waals surface area contributed by atoms with Crippen LogP contribution in [0.5, 0.6) is 0 Å². The zero-order valence-corrected chi connectivity index (χ0v) is 7.87. The summed E-state index contributed by atoms with van der Waals surface area (Å²) in [5, 5.41) is 4.70. The van der Waals surface area contributed by atoms with Crippen LogP contribution in [0.4, 0.5) is 0 Å². The first-order valence-electron chi connectivity index (χ1n) is 3.45. The Kier molecular flexibility index (Phi) is 2.16. The van der Waals surface area contributed by atoms with Crippen molar-refractivity contribution < 1.29 is 0 Å². The number of halogens is 2. The molecule has 0 aromatic carbocycles. The molecule has 0 saturated heterocycles. The van der Waals surface area contributed by atoms with Crippen molar-refractivity contribution in [3.05, 3.63) is 35.0 Å². The molecule has 0 spiro atoms. The third-order valence-electron chi connectivity index (χ3n) is 1.40. The zero-order valence-electron chi connectivity index (χ0n) is 6.35. The Hall–Kier alpha value is -1.13. The fraction of sp³-hybridized carbons (Fsp3) is 0. The first-order valence-corrected chi connectivity index (χ1v) is 4.20. The molecule has 0 N–H and O–H groups in total. The summed E-state index contributed by atoms with van der Waals surface area (Å²) in [7, 11) is 0. The lowest BCUT2D eigenvalue weighted by molar-refractivity contribution is 0.839. The molecule has 0 amide bonds. The first kappa shape index (κ1) is 8.47. The Bertz CT molecular complexity index is 426. The first-order chi connectivity index (χ1) is 6.25. The van der Waals surface area contributed by atoms with Gasteiger partial charge in [0.05, 0.1) is 17.4 Å². The van der Waals surface area contributed by atoms with Gasteiger partial charge in [0.25, 0.3) is 0 Å². The lowest BCUT2D eigenvalue weighted by Gasteiger charge is -1.97. The van der Waals surface area contributed by atoms with Crippen LogP contribution in [-0.2, 0) is 0 Å². The fourth-order valence-corrected chi connectivity index (χ4v) is 1.16. The van der Waals surface area contributed by atoms with Gasteiger partial charge >= 0.3 is 0 Å². The van der Waals surface area contributed by atoms with Gasteiger partial charge in [-0.3, -0.25) is 0 Å². The Morgan fingerprint density at radius 1 is 1.31 bits per heavy atom. The second kappa shape index (κ2) is 3.32. The van der Waals surface area contributed by atoms with E-state index in [9.17, 15) is 0 Å². The van der Waals surface area contributed by atoms with Crippen LogP contribution in [0.2, 0.25) is 10.3 Å². The van der Waals surface area contributed by atoms with Crippen molar-refractivity contribution in [3.63, 3.8) is 0 Å². The van der Waals surface area contributed by atoms with Crippen molar-refractivity contribution in [1.82, 2.24) is 19.7 Å². The molecule has 0 unspecified atom stereocenters. The smallest absolute Gasteiger partial charge is 0.224 e. The van der Waals surface area contributed by atoms with Gasteiger partial charge in [0.1, 0.15) is 0 Å². The van der Waals surface area contributed by atoms with Crippen molar-refractivity contribution in [2.75, 3.05) is 0 Å². The second-order valence-corrected chi connectivity index (χ2v) is 3.06. The Labute approximate surface area is 84.1 Å². The van der Waals surface area contributed by atoms with E-state index in [0.29, 0.717) is 10.8 Å². The highest BCUT2D eigenvalue weighted by molar-refractivity contribution is 6.30. The molecule has 2 heterocycles. The van der Waals surface area contributed by atoms with Gasteiger partial charge in [0.2, 0.25) is 5.28 Å². The lowest BCUT2D eigenvalue weighted by atomic mass is 10.6. The van der Waals surface area contributed by atoms with Gasteiger partial charge < -0.3 is 0 Å². The maximum Gasteiger partial charge on any atom is 0.224 e. The van der Waals surface area contributed by atoms with Crippen LogP contribution < -0.4 is 0 Å². The molecule has 2 rings (SSSR count). The van der Waals surface area contributed by atoms with Gasteiger partial charge in [-0.1, -0.05) is 11.6 Å². The van der Waals surface area contributed by atoms with Crippen LogP contribution >= 0.6 is 23.2 Å². The topological polar surface area (TPSA) is 43.6 Å². The third-order valence-corrected chi connectivity index (χ3v) is 1.77. The average Bonchev–Trinajstić information content (AvgIpc) is 2.52. The minimum Gasteiger partial charge on any atom is -0.226 e. The summed E-state index contributed by atoms with van der Waals surface area (Å²) in [6.45, 7) is 0. The molecule has 0 fully saturated rings. The van der Waals surface area contributed by atoms with Crippen LogP contribution in [0.25, 0.3) is 5.82 Å². The molecule has 0 aliphatic rings. The molecule has 4 nitrogen and oxygen atoms in total. The average molecular weight is 215 g/mol. The Morgan fingerprint density at radius 3 is 2.77 bits per heavy atom. The maximum atomic E-state index is 5.69. The van der Waals surface area contributed by atoms with Crippen LogP contribution in [-0.4, -0.2) is 19.7 Å². The van der Waals surface area contributed by atoms with E-state index >= 15 is 0 Å². The van der Waals surface area contributed by atoms with Crippen molar-refractivity contribution >= 4 is 23.2 Å². The zero-order chi connectivity index (χ0) is 9.26. The minimum absolute atomic E-state index is 0.184. The highest BCUT2D eigenvalue weighted by Crippen LogP contribution is 2.10. The fourth-order valence-electron chi connectivity index (χ4n) is 0.880. The molecular weight excluding hydrogens is 211 g/mol. The van der Waals surface area contributed by atoms with E-state index in [1.54, 1.807) is 18.5 Å².